The lowest BCUT2D eigenvalue weighted by Crippen LogP contribution is -2.60. The van der Waals surface area contributed by atoms with Gasteiger partial charge in [-0.3, -0.25) is 23.9 Å². The Hall–Kier alpha value is -5.06. The number of aromatic nitrogens is 4. The average Bonchev–Trinajstić information content (AvgIpc) is 3.82. The molecule has 50 heavy (non-hydrogen) atoms. The molecule has 3 aliphatic rings. The van der Waals surface area contributed by atoms with Crippen molar-refractivity contribution in [3.8, 4) is 17.1 Å². The molecule has 0 radical (unpaired) electrons. The zero-order valence-electron chi connectivity index (χ0n) is 28.2. The van der Waals surface area contributed by atoms with Gasteiger partial charge in [-0.05, 0) is 66.3 Å². The van der Waals surface area contributed by atoms with E-state index in [2.05, 4.69) is 37.3 Å². The van der Waals surface area contributed by atoms with Gasteiger partial charge in [-0.1, -0.05) is 26.8 Å². The van der Waals surface area contributed by atoms with Gasteiger partial charge in [0.2, 0.25) is 27.7 Å². The number of sulfonamides is 1. The van der Waals surface area contributed by atoms with E-state index in [0.717, 1.165) is 0 Å². The van der Waals surface area contributed by atoms with Gasteiger partial charge in [-0.2, -0.15) is 4.80 Å². The molecular formula is C33H40N8O8S. The van der Waals surface area contributed by atoms with Gasteiger partial charge >= 0.3 is 0 Å². The second-order valence-corrected chi connectivity index (χ2v) is 16.0. The molecule has 0 unspecified atom stereocenters. The van der Waals surface area contributed by atoms with Crippen LogP contribution < -0.4 is 20.1 Å². The van der Waals surface area contributed by atoms with Gasteiger partial charge in [0.15, 0.2) is 5.76 Å². The van der Waals surface area contributed by atoms with E-state index in [1.54, 1.807) is 58.2 Å². The molecule has 5 atom stereocenters. The summed E-state index contributed by atoms with van der Waals surface area (Å²) in [5, 5.41) is 17.8. The number of tetrazole rings is 1. The molecule has 3 fully saturated rings. The van der Waals surface area contributed by atoms with Gasteiger partial charge in [0.1, 0.15) is 23.4 Å². The van der Waals surface area contributed by atoms with Crippen molar-refractivity contribution in [2.75, 3.05) is 13.7 Å². The summed E-state index contributed by atoms with van der Waals surface area (Å²) in [5.74, 6) is -2.24. The number of rotatable bonds is 12. The molecule has 4 amide bonds. The number of likely N-dealkylation sites (tertiary alicyclic amines) is 1. The lowest BCUT2D eigenvalue weighted by Gasteiger charge is -2.35. The summed E-state index contributed by atoms with van der Waals surface area (Å²) in [4.78, 5) is 57.8. The lowest BCUT2D eigenvalue weighted by atomic mass is 9.85. The number of methoxy groups -OCH3 is 1. The van der Waals surface area contributed by atoms with E-state index in [0.29, 0.717) is 30.0 Å². The highest BCUT2D eigenvalue weighted by atomic mass is 32.2. The second kappa shape index (κ2) is 13.0. The largest absolute Gasteiger partial charge is 0.497 e. The molecule has 3 heterocycles. The van der Waals surface area contributed by atoms with Gasteiger partial charge in [0.05, 0.1) is 24.7 Å². The Morgan fingerprint density at radius 3 is 2.44 bits per heavy atom. The smallest absolute Gasteiger partial charge is 0.287 e. The molecule has 3 N–H and O–H groups in total. The van der Waals surface area contributed by atoms with Crippen LogP contribution in [0.25, 0.3) is 11.4 Å². The maximum absolute atomic E-state index is 14.4. The van der Waals surface area contributed by atoms with E-state index < -0.39 is 73.9 Å². The molecule has 6 rings (SSSR count). The molecule has 0 spiro atoms. The fraction of sp³-hybridized carbons (Fsp3) is 0.485. The van der Waals surface area contributed by atoms with Crippen LogP contribution in [0, 0.1) is 11.3 Å². The van der Waals surface area contributed by atoms with E-state index in [1.807, 2.05) is 0 Å². The van der Waals surface area contributed by atoms with Crippen molar-refractivity contribution in [1.82, 2.24) is 40.5 Å². The number of amides is 4. The summed E-state index contributed by atoms with van der Waals surface area (Å²) in [6, 6.07) is 7.21. The Bertz CT molecular complexity index is 1900. The quantitative estimate of drug-likeness (QED) is 0.230. The topological polar surface area (TPSA) is 208 Å². The molecular weight excluding hydrogens is 668 g/mol. The first kappa shape index (κ1) is 34.8. The Morgan fingerprint density at radius 2 is 1.86 bits per heavy atom. The third kappa shape index (κ3) is 6.86. The third-order valence-electron chi connectivity index (χ3n) is 9.35. The van der Waals surface area contributed by atoms with E-state index in [1.165, 1.54) is 28.1 Å². The Balaban J connectivity index is 1.29. The number of hydrogen-bond donors (Lipinski definition) is 3. The van der Waals surface area contributed by atoms with Crippen molar-refractivity contribution in [3.63, 3.8) is 0 Å². The van der Waals surface area contributed by atoms with Gasteiger partial charge in [-0.15, -0.1) is 16.8 Å². The molecule has 3 aromatic rings. The second-order valence-electron chi connectivity index (χ2n) is 14.0. The van der Waals surface area contributed by atoms with Crippen LogP contribution in [0.1, 0.15) is 63.1 Å². The first-order valence-electron chi connectivity index (χ1n) is 16.3. The summed E-state index contributed by atoms with van der Waals surface area (Å²) in [6.07, 6.45) is 3.91. The van der Waals surface area contributed by atoms with Crippen molar-refractivity contribution in [2.45, 2.75) is 75.4 Å². The van der Waals surface area contributed by atoms with Crippen LogP contribution >= 0.6 is 0 Å². The van der Waals surface area contributed by atoms with E-state index in [9.17, 15) is 27.6 Å². The number of ether oxygens (including phenoxy) is 1. The summed E-state index contributed by atoms with van der Waals surface area (Å²) in [5.41, 5.74) is -1.70. The summed E-state index contributed by atoms with van der Waals surface area (Å²) >= 11 is 0. The molecule has 0 bridgehead atoms. The first-order valence-corrected chi connectivity index (χ1v) is 17.8. The molecule has 2 aliphatic carbocycles. The highest BCUT2D eigenvalue weighted by Crippen LogP contribution is 2.45. The van der Waals surface area contributed by atoms with Gasteiger partial charge in [0, 0.05) is 24.4 Å². The van der Waals surface area contributed by atoms with Crippen LogP contribution in [-0.2, 0) is 24.4 Å². The zero-order valence-corrected chi connectivity index (χ0v) is 29.0. The Labute approximate surface area is 289 Å². The van der Waals surface area contributed by atoms with Gasteiger partial charge in [-0.25, -0.2) is 8.42 Å². The van der Waals surface area contributed by atoms with Crippen molar-refractivity contribution >= 4 is 33.7 Å². The van der Waals surface area contributed by atoms with Crippen molar-refractivity contribution in [1.29, 1.82) is 0 Å². The van der Waals surface area contributed by atoms with Crippen LogP contribution in [-0.4, -0.2) is 93.7 Å². The third-order valence-corrected chi connectivity index (χ3v) is 11.2. The SMILES string of the molecule is C=C[C@@H]1C[C@]1(NC(=O)[C@@H]1C[C@@H](n2nnc(-c3ccc(OC)cc3)n2)CN1C(=O)[C@@H](NC(=O)c1ccco1)C(C)(C)C)C(=O)NS(=O)(=O)C1CC1. The van der Waals surface area contributed by atoms with Crippen molar-refractivity contribution < 1.29 is 36.7 Å². The van der Waals surface area contributed by atoms with Crippen LogP contribution in [0.5, 0.6) is 5.75 Å². The predicted octanol–water partition coefficient (Wildman–Crippen LogP) is 1.60. The minimum atomic E-state index is -3.90. The predicted molar refractivity (Wildman–Crippen MR) is 178 cm³/mol. The summed E-state index contributed by atoms with van der Waals surface area (Å²) in [6.45, 7) is 9.05. The van der Waals surface area contributed by atoms with Crippen molar-refractivity contribution in [3.05, 3.63) is 61.1 Å². The highest BCUT2D eigenvalue weighted by molar-refractivity contribution is 7.91. The average molecular weight is 709 g/mol. The molecule has 1 saturated heterocycles. The minimum absolute atomic E-state index is 0.0109. The fourth-order valence-corrected chi connectivity index (χ4v) is 7.52. The van der Waals surface area contributed by atoms with Crippen LogP contribution in [0.15, 0.2) is 59.7 Å². The summed E-state index contributed by atoms with van der Waals surface area (Å²) < 4.78 is 37.9. The van der Waals surface area contributed by atoms with Crippen LogP contribution in [0.3, 0.4) is 0 Å². The molecule has 2 saturated carbocycles. The van der Waals surface area contributed by atoms with Crippen LogP contribution in [0.2, 0.25) is 0 Å². The first-order chi connectivity index (χ1) is 23.7. The maximum Gasteiger partial charge on any atom is 0.287 e. The lowest BCUT2D eigenvalue weighted by molar-refractivity contribution is -0.142. The van der Waals surface area contributed by atoms with E-state index >= 15 is 0 Å². The van der Waals surface area contributed by atoms with Crippen LogP contribution in [0.4, 0.5) is 0 Å². The zero-order chi connectivity index (χ0) is 36.0. The van der Waals surface area contributed by atoms with E-state index in [4.69, 9.17) is 9.15 Å². The molecule has 266 valence electrons. The summed E-state index contributed by atoms with van der Waals surface area (Å²) in [7, 11) is -2.34. The molecule has 2 aromatic heterocycles. The number of furan rings is 1. The maximum atomic E-state index is 14.4. The number of carbonyl (C=O) groups is 4. The van der Waals surface area contributed by atoms with Gasteiger partial charge in [0.25, 0.3) is 11.8 Å². The number of hydrogen-bond acceptors (Lipinski definition) is 11. The standard InChI is InChI=1S/C33H40N8O8S/c1-6-20-17-33(20,31(45)38-50(46,47)23-13-14-23)35-28(42)24-16-21(41-37-27(36-39-41)19-9-11-22(48-5)12-10-19)18-40(24)30(44)26(32(2,3)4)34-29(43)25-8-7-15-49-25/h6-12,15,20-21,23-24,26H,1,13-14,16-18H2,2-5H3,(H,34,43)(H,35,42)(H,38,45)/t20-,21-,24+,26-,33-/m1/s1. The molecule has 1 aromatic carbocycles. The van der Waals surface area contributed by atoms with Gasteiger partial charge < -0.3 is 24.7 Å². The molecule has 17 heteroatoms. The molecule has 1 aliphatic heterocycles. The Kier molecular flexibility index (Phi) is 9.05. The number of carbonyl (C=O) groups excluding carboxylic acids is 4. The number of nitrogens with one attached hydrogen (secondary N) is 3. The fourth-order valence-electron chi connectivity index (χ4n) is 6.15. The number of benzene rings is 1. The number of nitrogens with zero attached hydrogens (tertiary/aromatic N) is 5. The monoisotopic (exact) mass is 708 g/mol. The Morgan fingerprint density at radius 1 is 1.14 bits per heavy atom. The minimum Gasteiger partial charge on any atom is -0.497 e. The highest BCUT2D eigenvalue weighted by Gasteiger charge is 2.62. The normalized spacial score (nSPS) is 23.8. The van der Waals surface area contributed by atoms with Crippen molar-refractivity contribution in [2.24, 2.45) is 11.3 Å². The van der Waals surface area contributed by atoms with E-state index in [-0.39, 0.29) is 25.1 Å². The molecule has 16 nitrogen and oxygen atoms in total.